The molecule has 9 nitrogen and oxygen atoms in total. The van der Waals surface area contributed by atoms with Gasteiger partial charge in [-0.25, -0.2) is 9.78 Å². The van der Waals surface area contributed by atoms with Gasteiger partial charge < -0.3 is 19.4 Å². The molecule has 1 saturated heterocycles. The molecule has 0 aliphatic carbocycles. The van der Waals surface area contributed by atoms with E-state index < -0.39 is 0 Å². The third-order valence-corrected chi connectivity index (χ3v) is 3.79. The summed E-state index contributed by atoms with van der Waals surface area (Å²) in [7, 11) is 3.00. The minimum atomic E-state index is -0.330. The van der Waals surface area contributed by atoms with E-state index in [1.165, 1.54) is 20.4 Å². The second kappa shape index (κ2) is 6.59. The van der Waals surface area contributed by atoms with Gasteiger partial charge in [0.05, 0.1) is 14.2 Å². The molecule has 122 valence electrons. The number of hydrogen-bond donors (Lipinski definition) is 1. The Kier molecular flexibility index (Phi) is 4.35. The van der Waals surface area contributed by atoms with Crippen molar-refractivity contribution >= 4 is 5.95 Å². The molecule has 1 N–H and O–H groups in total. The highest BCUT2D eigenvalue weighted by atomic mass is 16.5. The molecule has 1 aliphatic heterocycles. The third-order valence-electron chi connectivity index (χ3n) is 3.79. The van der Waals surface area contributed by atoms with Crippen LogP contribution in [0, 0.1) is 0 Å². The summed E-state index contributed by atoms with van der Waals surface area (Å²) in [6.07, 6.45) is 3.48. The number of piperidine rings is 1. The fraction of sp³-hybridized carbons (Fsp3) is 0.500. The Balaban J connectivity index is 1.85. The zero-order valence-corrected chi connectivity index (χ0v) is 13.0. The molecule has 0 spiro atoms. The molecule has 0 aromatic carbocycles. The Bertz CT molecular complexity index is 712. The van der Waals surface area contributed by atoms with Crippen LogP contribution in [0.4, 0.5) is 5.95 Å². The largest absolute Gasteiger partial charge is 0.467 e. The monoisotopic (exact) mass is 318 g/mol. The molecular formula is C14H18N6O3. The number of anilines is 1. The molecule has 0 bridgehead atoms. The van der Waals surface area contributed by atoms with E-state index in [9.17, 15) is 4.79 Å². The van der Waals surface area contributed by atoms with Crippen molar-refractivity contribution in [3.05, 3.63) is 28.4 Å². The lowest BCUT2D eigenvalue weighted by atomic mass is 9.95. The van der Waals surface area contributed by atoms with Gasteiger partial charge in [-0.3, -0.25) is 0 Å². The van der Waals surface area contributed by atoms with Crippen molar-refractivity contribution in [2.24, 2.45) is 0 Å². The smallest absolute Gasteiger partial charge is 0.345 e. The van der Waals surface area contributed by atoms with Crippen LogP contribution in [0.5, 0.6) is 12.0 Å². The van der Waals surface area contributed by atoms with Crippen molar-refractivity contribution in [3.63, 3.8) is 0 Å². The number of hydrogen-bond acceptors (Lipinski definition) is 8. The minimum absolute atomic E-state index is 0.188. The molecule has 2 aromatic heterocycles. The van der Waals surface area contributed by atoms with E-state index in [1.807, 2.05) is 11.0 Å². The fourth-order valence-electron chi connectivity index (χ4n) is 2.69. The van der Waals surface area contributed by atoms with Crippen LogP contribution in [0.1, 0.15) is 24.5 Å². The molecule has 9 heteroatoms. The Labute approximate surface area is 132 Å². The van der Waals surface area contributed by atoms with E-state index in [0.717, 1.165) is 25.1 Å². The zero-order valence-electron chi connectivity index (χ0n) is 13.0. The summed E-state index contributed by atoms with van der Waals surface area (Å²) in [5.41, 5.74) is 0.547. The first-order chi connectivity index (χ1) is 11.2. The van der Waals surface area contributed by atoms with Crippen LogP contribution in [0.3, 0.4) is 0 Å². The molecule has 3 heterocycles. The van der Waals surface area contributed by atoms with E-state index in [4.69, 9.17) is 9.47 Å². The Morgan fingerprint density at radius 2 is 1.96 bits per heavy atom. The van der Waals surface area contributed by atoms with Gasteiger partial charge in [0.15, 0.2) is 0 Å². The van der Waals surface area contributed by atoms with Gasteiger partial charge in [0, 0.05) is 30.9 Å². The van der Waals surface area contributed by atoms with Gasteiger partial charge in [-0.1, -0.05) is 0 Å². The first-order valence-corrected chi connectivity index (χ1v) is 7.34. The lowest BCUT2D eigenvalue weighted by Gasteiger charge is -2.32. The average Bonchev–Trinajstić information content (AvgIpc) is 2.61. The van der Waals surface area contributed by atoms with Gasteiger partial charge in [0.2, 0.25) is 5.95 Å². The van der Waals surface area contributed by atoms with Crippen LogP contribution >= 0.6 is 0 Å². The van der Waals surface area contributed by atoms with Gasteiger partial charge in [-0.15, -0.1) is 4.98 Å². The number of aromatic amines is 1. The van der Waals surface area contributed by atoms with E-state index in [2.05, 4.69) is 24.9 Å². The number of nitrogens with zero attached hydrogens (tertiary/aromatic N) is 5. The van der Waals surface area contributed by atoms with E-state index in [0.29, 0.717) is 12.5 Å². The van der Waals surface area contributed by atoms with Gasteiger partial charge in [0.25, 0.3) is 0 Å². The summed E-state index contributed by atoms with van der Waals surface area (Å²) in [5.74, 6) is 0.697. The van der Waals surface area contributed by atoms with Crippen LogP contribution < -0.4 is 20.1 Å². The Morgan fingerprint density at radius 3 is 2.61 bits per heavy atom. The van der Waals surface area contributed by atoms with Crippen LogP contribution in [-0.4, -0.2) is 52.2 Å². The van der Waals surface area contributed by atoms with E-state index in [-0.39, 0.29) is 23.6 Å². The standard InChI is InChI=1S/C14H18N6O3/c1-22-13-17-11(18-14(19-13)23-2)20-7-3-4-9(8-20)10-5-6-15-12(21)16-10/h5-6,9H,3-4,7-8H2,1-2H3,(H,15,16,21)/t9-/m1/s1. The van der Waals surface area contributed by atoms with Crippen molar-refractivity contribution in [2.75, 3.05) is 32.2 Å². The Hall–Kier alpha value is -2.71. The van der Waals surface area contributed by atoms with Crippen molar-refractivity contribution in [3.8, 4) is 12.0 Å². The molecular weight excluding hydrogens is 300 g/mol. The maximum Gasteiger partial charge on any atom is 0.345 e. The third kappa shape index (κ3) is 3.38. The highest BCUT2D eigenvalue weighted by molar-refractivity contribution is 5.34. The van der Waals surface area contributed by atoms with E-state index in [1.54, 1.807) is 0 Å². The van der Waals surface area contributed by atoms with Crippen LogP contribution in [0.25, 0.3) is 0 Å². The number of rotatable bonds is 4. The van der Waals surface area contributed by atoms with Crippen molar-refractivity contribution in [1.82, 2.24) is 24.9 Å². The molecule has 0 saturated carbocycles. The number of nitrogens with one attached hydrogen (secondary N) is 1. The summed E-state index contributed by atoms with van der Waals surface area (Å²) in [6.45, 7) is 1.51. The maximum atomic E-state index is 11.4. The topological polar surface area (TPSA) is 106 Å². The van der Waals surface area contributed by atoms with Crippen molar-refractivity contribution in [1.29, 1.82) is 0 Å². The Morgan fingerprint density at radius 1 is 1.22 bits per heavy atom. The van der Waals surface area contributed by atoms with Gasteiger partial charge in [-0.2, -0.15) is 9.97 Å². The van der Waals surface area contributed by atoms with Gasteiger partial charge in [-0.05, 0) is 18.9 Å². The lowest BCUT2D eigenvalue weighted by Crippen LogP contribution is -2.36. The number of aromatic nitrogens is 5. The summed E-state index contributed by atoms with van der Waals surface area (Å²) in [4.78, 5) is 32.5. The summed E-state index contributed by atoms with van der Waals surface area (Å²) >= 11 is 0. The van der Waals surface area contributed by atoms with Gasteiger partial charge in [0.1, 0.15) is 0 Å². The van der Waals surface area contributed by atoms with Crippen LogP contribution in [0.15, 0.2) is 17.1 Å². The molecule has 1 fully saturated rings. The minimum Gasteiger partial charge on any atom is -0.467 e. The molecule has 1 atom stereocenters. The number of methoxy groups -OCH3 is 2. The fourth-order valence-corrected chi connectivity index (χ4v) is 2.69. The van der Waals surface area contributed by atoms with Crippen LogP contribution in [0.2, 0.25) is 0 Å². The molecule has 1 aliphatic rings. The SMILES string of the molecule is COc1nc(OC)nc(N2CCC[C@@H](c3ccnc(=O)[nH]3)C2)n1. The molecule has 0 radical (unpaired) electrons. The summed E-state index contributed by atoms with van der Waals surface area (Å²) in [6, 6.07) is 2.27. The van der Waals surface area contributed by atoms with E-state index >= 15 is 0 Å². The highest BCUT2D eigenvalue weighted by Crippen LogP contribution is 2.28. The summed E-state index contributed by atoms with van der Waals surface area (Å²) in [5, 5.41) is 0. The molecule has 0 amide bonds. The lowest BCUT2D eigenvalue weighted by molar-refractivity contribution is 0.338. The highest BCUT2D eigenvalue weighted by Gasteiger charge is 2.25. The second-order valence-corrected chi connectivity index (χ2v) is 5.22. The second-order valence-electron chi connectivity index (χ2n) is 5.22. The predicted octanol–water partition coefficient (Wildman–Crippen LogP) is 0.356. The van der Waals surface area contributed by atoms with Gasteiger partial charge >= 0.3 is 17.7 Å². The average molecular weight is 318 g/mol. The first kappa shape index (κ1) is 15.2. The zero-order chi connectivity index (χ0) is 16.2. The first-order valence-electron chi connectivity index (χ1n) is 7.34. The predicted molar refractivity (Wildman–Crippen MR) is 82.0 cm³/mol. The quantitative estimate of drug-likeness (QED) is 0.861. The maximum absolute atomic E-state index is 11.4. The van der Waals surface area contributed by atoms with Crippen LogP contribution in [-0.2, 0) is 0 Å². The summed E-state index contributed by atoms with van der Waals surface area (Å²) < 4.78 is 10.2. The molecule has 2 aromatic rings. The molecule has 23 heavy (non-hydrogen) atoms. The molecule has 3 rings (SSSR count). The molecule has 0 unspecified atom stereocenters. The van der Waals surface area contributed by atoms with Crippen molar-refractivity contribution < 1.29 is 9.47 Å². The number of H-pyrrole nitrogens is 1. The normalized spacial score (nSPS) is 17.8. The van der Waals surface area contributed by atoms with Crippen molar-refractivity contribution in [2.45, 2.75) is 18.8 Å². The number of ether oxygens (including phenoxy) is 2.